The fourth-order valence-corrected chi connectivity index (χ4v) is 12.3. The van der Waals surface area contributed by atoms with Gasteiger partial charge in [0.15, 0.2) is 69.8 Å². The molecule has 0 aliphatic rings. The normalized spacial score (nSPS) is 11.7. The molecule has 0 aliphatic heterocycles. The van der Waals surface area contributed by atoms with E-state index < -0.39 is 85.6 Å². The molecule has 0 unspecified atom stereocenters. The first-order valence-electron chi connectivity index (χ1n) is 18.0. The fraction of sp³-hybridized carbons (Fsp3) is 0.0435. The van der Waals surface area contributed by atoms with Crippen LogP contribution in [0.2, 0.25) is 0 Å². The number of methoxy groups -OCH3 is 2. The Morgan fingerprint density at radius 1 is 0.323 bits per heavy atom. The molecule has 0 amide bonds. The summed E-state index contributed by atoms with van der Waals surface area (Å²) in [6, 6.07) is 20.2. The van der Waals surface area contributed by atoms with Crippen LogP contribution in [0.1, 0.15) is 0 Å². The van der Waals surface area contributed by atoms with Crippen molar-refractivity contribution in [2.75, 3.05) is 14.2 Å². The Labute approximate surface area is 346 Å². The fourth-order valence-electron chi connectivity index (χ4n) is 7.28. The van der Waals surface area contributed by atoms with E-state index in [1.54, 1.807) is 24.3 Å². The van der Waals surface area contributed by atoms with Gasteiger partial charge < -0.3 is 9.47 Å². The van der Waals surface area contributed by atoms with Gasteiger partial charge in [-0.3, -0.25) is 0 Å². The van der Waals surface area contributed by atoms with Crippen molar-refractivity contribution in [3.8, 4) is 22.6 Å². The van der Waals surface area contributed by atoms with Gasteiger partial charge in [0.2, 0.25) is 0 Å². The van der Waals surface area contributed by atoms with E-state index in [1.165, 1.54) is 50.6 Å². The van der Waals surface area contributed by atoms with E-state index in [-0.39, 0.29) is 53.7 Å². The molecule has 16 heteroatoms. The van der Waals surface area contributed by atoms with Crippen LogP contribution in [-0.4, -0.2) is 14.2 Å². The van der Waals surface area contributed by atoms with Crippen LogP contribution in [0.5, 0.6) is 11.5 Å². The third-order valence-electron chi connectivity index (χ3n) is 10.0. The number of benzene rings is 8. The molecule has 0 N–H and O–H groups in total. The van der Waals surface area contributed by atoms with Crippen molar-refractivity contribution in [1.29, 1.82) is 0 Å². The SMILES string of the molecule is COc1ccc2c(-c3c(P(c4cc(F)c(F)c(F)c4)c4cc(F)c(F)c(F)c4)ccc4cc(OC)ccc34)c(P(c3cc(F)c(F)c(F)c3)c3cc(F)c(F)c(F)c3)ccc2c1. The Morgan fingerprint density at radius 3 is 0.823 bits per heavy atom. The van der Waals surface area contributed by atoms with Crippen molar-refractivity contribution in [2.45, 2.75) is 0 Å². The van der Waals surface area contributed by atoms with Gasteiger partial charge in [0.05, 0.1) is 14.2 Å². The number of rotatable bonds is 9. The Balaban J connectivity index is 1.60. The third kappa shape index (κ3) is 7.49. The van der Waals surface area contributed by atoms with Crippen LogP contribution in [-0.2, 0) is 0 Å². The Hall–Kier alpha value is -6.10. The Bertz CT molecular complexity index is 2710. The summed E-state index contributed by atoms with van der Waals surface area (Å²) in [5.41, 5.74) is 0.187. The largest absolute Gasteiger partial charge is 0.497 e. The number of halogens is 12. The molecule has 0 heterocycles. The van der Waals surface area contributed by atoms with Crippen molar-refractivity contribution in [3.63, 3.8) is 0 Å². The lowest BCUT2D eigenvalue weighted by Gasteiger charge is -2.29. The number of hydrogen-bond donors (Lipinski definition) is 0. The molecule has 0 radical (unpaired) electrons. The van der Waals surface area contributed by atoms with Crippen LogP contribution < -0.4 is 41.3 Å². The molecule has 62 heavy (non-hydrogen) atoms. The first-order chi connectivity index (χ1) is 29.6. The van der Waals surface area contributed by atoms with Gasteiger partial charge >= 0.3 is 0 Å². The van der Waals surface area contributed by atoms with Crippen molar-refractivity contribution < 1.29 is 62.2 Å². The Kier molecular flexibility index (Phi) is 11.4. The van der Waals surface area contributed by atoms with E-state index in [9.17, 15) is 17.6 Å². The molecule has 0 spiro atoms. The second kappa shape index (κ2) is 16.6. The van der Waals surface area contributed by atoms with Crippen LogP contribution in [0.3, 0.4) is 0 Å². The molecule has 8 aromatic rings. The van der Waals surface area contributed by atoms with Gasteiger partial charge in [-0.2, -0.15) is 0 Å². The zero-order valence-corrected chi connectivity index (χ0v) is 33.4. The highest BCUT2D eigenvalue weighted by atomic mass is 31.1. The van der Waals surface area contributed by atoms with Crippen molar-refractivity contribution >= 4 is 69.2 Å². The van der Waals surface area contributed by atoms with Gasteiger partial charge in [-0.15, -0.1) is 0 Å². The third-order valence-corrected chi connectivity index (χ3v) is 14.9. The van der Waals surface area contributed by atoms with Crippen molar-refractivity contribution in [1.82, 2.24) is 0 Å². The predicted molar refractivity (Wildman–Crippen MR) is 217 cm³/mol. The molecule has 0 aromatic heterocycles. The summed E-state index contributed by atoms with van der Waals surface area (Å²) < 4.78 is 191. The lowest BCUT2D eigenvalue weighted by atomic mass is 9.93. The molecule has 8 aromatic carbocycles. The van der Waals surface area contributed by atoms with E-state index in [2.05, 4.69) is 0 Å². The van der Waals surface area contributed by atoms with Crippen LogP contribution in [0.15, 0.2) is 109 Å². The maximum absolute atomic E-state index is 15.2. The molecular weight excluding hydrogens is 874 g/mol. The second-order valence-corrected chi connectivity index (χ2v) is 18.0. The van der Waals surface area contributed by atoms with Crippen molar-refractivity contribution in [2.24, 2.45) is 0 Å². The molecule has 0 saturated carbocycles. The highest BCUT2D eigenvalue weighted by Gasteiger charge is 2.32. The molecule has 314 valence electrons. The monoisotopic (exact) mass is 898 g/mol. The summed E-state index contributed by atoms with van der Waals surface area (Å²) in [4.78, 5) is 0. The van der Waals surface area contributed by atoms with Crippen LogP contribution >= 0.6 is 15.8 Å². The lowest BCUT2D eigenvalue weighted by molar-refractivity contribution is 0.415. The molecular formula is C46H24F12O2P2. The van der Waals surface area contributed by atoms with E-state index >= 15 is 35.1 Å². The summed E-state index contributed by atoms with van der Waals surface area (Å²) in [5.74, 6) is -20.2. The Morgan fingerprint density at radius 2 is 0.581 bits per heavy atom. The minimum absolute atomic E-state index is 0.0286. The number of ether oxygens (including phenoxy) is 2. The van der Waals surface area contributed by atoms with Gasteiger partial charge in [0, 0.05) is 0 Å². The average molecular weight is 899 g/mol. The van der Waals surface area contributed by atoms with E-state index in [4.69, 9.17) is 9.47 Å². The van der Waals surface area contributed by atoms with Gasteiger partial charge in [-0.25, -0.2) is 52.7 Å². The zero-order valence-electron chi connectivity index (χ0n) is 31.6. The molecule has 0 saturated heterocycles. The zero-order chi connectivity index (χ0) is 44.3. The van der Waals surface area contributed by atoms with E-state index in [0.29, 0.717) is 70.8 Å². The quantitative estimate of drug-likeness (QED) is 0.0816. The second-order valence-electron chi connectivity index (χ2n) is 13.7. The summed E-state index contributed by atoms with van der Waals surface area (Å²) in [7, 11) is -2.59. The minimum atomic E-state index is -2.68. The summed E-state index contributed by atoms with van der Waals surface area (Å²) in [5, 5.41) is 0.0256. The number of hydrogen-bond acceptors (Lipinski definition) is 2. The summed E-state index contributed by atoms with van der Waals surface area (Å²) in [6.45, 7) is 0. The summed E-state index contributed by atoms with van der Waals surface area (Å²) in [6.07, 6.45) is 0. The molecule has 2 nitrogen and oxygen atoms in total. The van der Waals surface area contributed by atoms with Gasteiger partial charge in [0.1, 0.15) is 11.5 Å². The minimum Gasteiger partial charge on any atom is -0.497 e. The van der Waals surface area contributed by atoms with Gasteiger partial charge in [0.25, 0.3) is 0 Å². The van der Waals surface area contributed by atoms with Gasteiger partial charge in [-0.1, -0.05) is 36.4 Å². The number of fused-ring (bicyclic) bond motifs is 2. The summed E-state index contributed by atoms with van der Waals surface area (Å²) >= 11 is 0. The topological polar surface area (TPSA) is 18.5 Å². The maximum atomic E-state index is 15.2. The molecule has 0 bridgehead atoms. The molecule has 0 aliphatic carbocycles. The molecule has 8 rings (SSSR count). The first-order valence-corrected chi connectivity index (χ1v) is 20.7. The standard InChI is InChI=1S/C46H24F12O2P2/c1-59-23-5-7-29-21(11-23)3-9-39(61(25-13-31(47)43(55)32(48)14-25)26-15-33(49)44(56)34(50)16-26)41(29)42-30-8-6-24(60-2)12-22(30)4-10-40(42)62(27-17-35(51)45(57)36(52)18-27)28-19-37(53)46(58)38(54)20-28/h3-20H,1-2H3. The highest BCUT2D eigenvalue weighted by Crippen LogP contribution is 2.47. The maximum Gasteiger partial charge on any atom is 0.194 e. The van der Waals surface area contributed by atoms with E-state index in [0.717, 1.165) is 0 Å². The smallest absolute Gasteiger partial charge is 0.194 e. The molecule has 0 atom stereocenters. The lowest BCUT2D eigenvalue weighted by Crippen LogP contribution is -2.28. The van der Waals surface area contributed by atoms with Crippen molar-refractivity contribution in [3.05, 3.63) is 179 Å². The molecule has 0 fully saturated rings. The van der Waals surface area contributed by atoms with Crippen LogP contribution in [0.25, 0.3) is 32.7 Å². The first kappa shape index (κ1) is 42.6. The van der Waals surface area contributed by atoms with Crippen LogP contribution in [0, 0.1) is 69.8 Å². The predicted octanol–water partition coefficient (Wildman–Crippen LogP) is 10.9. The average Bonchev–Trinajstić information content (AvgIpc) is 3.25. The highest BCUT2D eigenvalue weighted by molar-refractivity contribution is 7.80. The van der Waals surface area contributed by atoms with E-state index in [1.807, 2.05) is 0 Å². The van der Waals surface area contributed by atoms with Gasteiger partial charge in [-0.05, 0) is 153 Å². The van der Waals surface area contributed by atoms with Crippen LogP contribution in [0.4, 0.5) is 52.7 Å².